The highest BCUT2D eigenvalue weighted by molar-refractivity contribution is 6.31. The summed E-state index contributed by atoms with van der Waals surface area (Å²) in [7, 11) is 0. The van der Waals surface area contributed by atoms with Crippen LogP contribution in [0, 0.1) is 5.41 Å². The Morgan fingerprint density at radius 3 is 2.72 bits per heavy atom. The Morgan fingerprint density at radius 2 is 2.17 bits per heavy atom. The van der Waals surface area contributed by atoms with E-state index in [-0.39, 0.29) is 6.04 Å². The Hall–Kier alpha value is -0.730. The van der Waals surface area contributed by atoms with Gasteiger partial charge in [0.25, 0.3) is 0 Å². The van der Waals surface area contributed by atoms with Gasteiger partial charge in [-0.05, 0) is 42.9 Å². The second-order valence-corrected chi connectivity index (χ2v) is 6.66. The van der Waals surface area contributed by atoms with E-state index in [1.165, 1.54) is 17.7 Å². The van der Waals surface area contributed by atoms with E-state index in [0.29, 0.717) is 5.41 Å². The summed E-state index contributed by atoms with van der Waals surface area (Å²) in [4.78, 5) is 2.45. The van der Waals surface area contributed by atoms with Crippen LogP contribution < -0.4 is 10.6 Å². The van der Waals surface area contributed by atoms with Crippen LogP contribution in [0.2, 0.25) is 5.02 Å². The van der Waals surface area contributed by atoms with Crippen molar-refractivity contribution in [2.45, 2.75) is 39.7 Å². The van der Waals surface area contributed by atoms with Gasteiger partial charge in [0.2, 0.25) is 0 Å². The van der Waals surface area contributed by atoms with Crippen LogP contribution in [0.5, 0.6) is 0 Å². The summed E-state index contributed by atoms with van der Waals surface area (Å²) in [5.74, 6) is 0. The molecule has 1 aromatic rings. The Balaban J connectivity index is 2.30. The zero-order chi connectivity index (χ0) is 13.3. The summed E-state index contributed by atoms with van der Waals surface area (Å²) < 4.78 is 0. The quantitative estimate of drug-likeness (QED) is 0.908. The second-order valence-electron chi connectivity index (χ2n) is 6.25. The highest BCUT2D eigenvalue weighted by Gasteiger charge is 2.30. The zero-order valence-corrected chi connectivity index (χ0v) is 12.3. The van der Waals surface area contributed by atoms with Gasteiger partial charge in [0.1, 0.15) is 0 Å². The van der Waals surface area contributed by atoms with Crippen molar-refractivity contribution in [3.05, 3.63) is 28.8 Å². The van der Waals surface area contributed by atoms with E-state index in [9.17, 15) is 0 Å². The molecule has 0 saturated carbocycles. The summed E-state index contributed by atoms with van der Waals surface area (Å²) in [5, 5.41) is 0.842. The van der Waals surface area contributed by atoms with Crippen molar-refractivity contribution in [1.82, 2.24) is 0 Å². The summed E-state index contributed by atoms with van der Waals surface area (Å²) >= 11 is 6.34. The first-order chi connectivity index (χ1) is 8.39. The van der Waals surface area contributed by atoms with Crippen molar-refractivity contribution in [3.63, 3.8) is 0 Å². The van der Waals surface area contributed by atoms with Crippen molar-refractivity contribution in [1.29, 1.82) is 0 Å². The van der Waals surface area contributed by atoms with E-state index in [1.807, 2.05) is 19.1 Å². The molecule has 18 heavy (non-hydrogen) atoms. The van der Waals surface area contributed by atoms with Crippen LogP contribution >= 0.6 is 11.6 Å². The van der Waals surface area contributed by atoms with E-state index in [0.717, 1.165) is 24.5 Å². The number of hydrogen-bond acceptors (Lipinski definition) is 2. The fraction of sp³-hybridized carbons (Fsp3) is 0.600. The SMILES string of the molecule is CC(N)Cc1c(Cl)cccc1N1CCC(C)(C)C1. The van der Waals surface area contributed by atoms with Crippen LogP contribution in [-0.4, -0.2) is 19.1 Å². The molecule has 1 saturated heterocycles. The van der Waals surface area contributed by atoms with Gasteiger partial charge < -0.3 is 10.6 Å². The largest absolute Gasteiger partial charge is 0.371 e. The molecule has 0 radical (unpaired) electrons. The zero-order valence-electron chi connectivity index (χ0n) is 11.5. The van der Waals surface area contributed by atoms with Crippen LogP contribution in [0.4, 0.5) is 5.69 Å². The Kier molecular flexibility index (Phi) is 3.88. The number of nitrogens with two attached hydrogens (primary N) is 1. The van der Waals surface area contributed by atoms with E-state index in [4.69, 9.17) is 17.3 Å². The molecule has 0 aromatic heterocycles. The lowest BCUT2D eigenvalue weighted by Crippen LogP contribution is -2.25. The first-order valence-electron chi connectivity index (χ1n) is 6.67. The third-order valence-corrected chi connectivity index (χ3v) is 3.99. The standard InChI is InChI=1S/C15H23ClN2/c1-11(17)9-12-13(16)5-4-6-14(12)18-8-7-15(2,3)10-18/h4-6,11H,7-10,17H2,1-3H3. The molecule has 1 atom stereocenters. The average Bonchev–Trinajstić information content (AvgIpc) is 2.61. The molecule has 0 spiro atoms. The van der Waals surface area contributed by atoms with Crippen LogP contribution in [0.3, 0.4) is 0 Å². The van der Waals surface area contributed by atoms with E-state index in [2.05, 4.69) is 24.8 Å². The minimum absolute atomic E-state index is 0.138. The molecule has 2 N–H and O–H groups in total. The number of hydrogen-bond donors (Lipinski definition) is 1. The van der Waals surface area contributed by atoms with Crippen LogP contribution in [0.1, 0.15) is 32.8 Å². The number of anilines is 1. The smallest absolute Gasteiger partial charge is 0.0459 e. The third kappa shape index (κ3) is 2.99. The molecule has 1 heterocycles. The van der Waals surface area contributed by atoms with Gasteiger partial charge in [-0.3, -0.25) is 0 Å². The van der Waals surface area contributed by atoms with Crippen molar-refractivity contribution < 1.29 is 0 Å². The minimum atomic E-state index is 0.138. The fourth-order valence-corrected chi connectivity index (χ4v) is 2.93. The van der Waals surface area contributed by atoms with Gasteiger partial charge in [0.05, 0.1) is 0 Å². The van der Waals surface area contributed by atoms with Crippen LogP contribution in [-0.2, 0) is 6.42 Å². The molecule has 3 heteroatoms. The van der Waals surface area contributed by atoms with E-state index in [1.54, 1.807) is 0 Å². The van der Waals surface area contributed by atoms with Crippen LogP contribution in [0.25, 0.3) is 0 Å². The third-order valence-electron chi connectivity index (χ3n) is 3.64. The molecule has 1 aliphatic heterocycles. The lowest BCUT2D eigenvalue weighted by molar-refractivity contribution is 0.418. The molecule has 0 bridgehead atoms. The molecule has 2 rings (SSSR count). The topological polar surface area (TPSA) is 29.3 Å². The predicted molar refractivity (Wildman–Crippen MR) is 79.4 cm³/mol. The van der Waals surface area contributed by atoms with Crippen molar-refractivity contribution in [2.24, 2.45) is 11.1 Å². The van der Waals surface area contributed by atoms with Gasteiger partial charge in [0.15, 0.2) is 0 Å². The molecule has 2 nitrogen and oxygen atoms in total. The van der Waals surface area contributed by atoms with Crippen molar-refractivity contribution >= 4 is 17.3 Å². The molecule has 1 unspecified atom stereocenters. The molecule has 100 valence electrons. The number of benzene rings is 1. The van der Waals surface area contributed by atoms with E-state index < -0.39 is 0 Å². The van der Waals surface area contributed by atoms with Gasteiger partial charge >= 0.3 is 0 Å². The predicted octanol–water partition coefficient (Wildman–Crippen LogP) is 3.47. The van der Waals surface area contributed by atoms with E-state index >= 15 is 0 Å². The van der Waals surface area contributed by atoms with Gasteiger partial charge in [-0.2, -0.15) is 0 Å². The summed E-state index contributed by atoms with van der Waals surface area (Å²) in [6.45, 7) is 8.88. The van der Waals surface area contributed by atoms with Crippen molar-refractivity contribution in [3.8, 4) is 0 Å². The monoisotopic (exact) mass is 266 g/mol. The molecule has 1 aliphatic rings. The lowest BCUT2D eigenvalue weighted by Gasteiger charge is -2.25. The first kappa shape index (κ1) is 13.7. The normalized spacial score (nSPS) is 20.2. The fourth-order valence-electron chi connectivity index (χ4n) is 2.69. The maximum Gasteiger partial charge on any atom is 0.0459 e. The molecule has 0 amide bonds. The molecular formula is C15H23ClN2. The molecule has 1 aromatic carbocycles. The Morgan fingerprint density at radius 1 is 1.44 bits per heavy atom. The maximum absolute atomic E-state index is 6.34. The summed E-state index contributed by atoms with van der Waals surface area (Å²) in [5.41, 5.74) is 8.80. The van der Waals surface area contributed by atoms with Crippen molar-refractivity contribution in [2.75, 3.05) is 18.0 Å². The maximum atomic E-state index is 6.34. The lowest BCUT2D eigenvalue weighted by atomic mass is 9.93. The summed E-state index contributed by atoms with van der Waals surface area (Å²) in [6.07, 6.45) is 2.07. The minimum Gasteiger partial charge on any atom is -0.371 e. The first-order valence-corrected chi connectivity index (χ1v) is 7.05. The van der Waals surface area contributed by atoms with Gasteiger partial charge in [-0.1, -0.05) is 31.5 Å². The Bertz CT molecular complexity index is 427. The molecular weight excluding hydrogens is 244 g/mol. The molecule has 1 fully saturated rings. The number of nitrogens with zero attached hydrogens (tertiary/aromatic N) is 1. The number of halogens is 1. The Labute approximate surface area is 115 Å². The average molecular weight is 267 g/mol. The van der Waals surface area contributed by atoms with Gasteiger partial charge in [0, 0.05) is 29.8 Å². The van der Waals surface area contributed by atoms with Crippen LogP contribution in [0.15, 0.2) is 18.2 Å². The molecule has 0 aliphatic carbocycles. The highest BCUT2D eigenvalue weighted by Crippen LogP contribution is 2.36. The summed E-state index contributed by atoms with van der Waals surface area (Å²) in [6, 6.07) is 6.31. The number of rotatable bonds is 3. The highest BCUT2D eigenvalue weighted by atomic mass is 35.5. The van der Waals surface area contributed by atoms with Gasteiger partial charge in [-0.15, -0.1) is 0 Å². The second kappa shape index (κ2) is 5.10. The van der Waals surface area contributed by atoms with Gasteiger partial charge in [-0.25, -0.2) is 0 Å².